The first-order valence-corrected chi connectivity index (χ1v) is 6.50. The molecule has 3 atom stereocenters. The summed E-state index contributed by atoms with van der Waals surface area (Å²) in [6, 6.07) is 2.91. The Morgan fingerprint density at radius 2 is 2.14 bits per heavy atom. The number of nitrogens with zero attached hydrogens (tertiary/aromatic N) is 1. The van der Waals surface area contributed by atoms with Gasteiger partial charge in [0.25, 0.3) is 5.91 Å². The van der Waals surface area contributed by atoms with E-state index in [-0.39, 0.29) is 24.5 Å². The first kappa shape index (κ1) is 15.7. The number of ether oxygens (including phenoxy) is 2. The van der Waals surface area contributed by atoms with Crippen LogP contribution in [0.3, 0.4) is 0 Å². The number of carbonyl (C=O) groups is 1. The van der Waals surface area contributed by atoms with Gasteiger partial charge < -0.3 is 24.6 Å². The highest BCUT2D eigenvalue weighted by molar-refractivity contribution is 5.97. The molecule has 1 saturated heterocycles. The molecule has 1 amide bonds. The monoisotopic (exact) mass is 299 g/mol. The molecule has 116 valence electrons. The third-order valence-corrected chi connectivity index (χ3v) is 3.58. The van der Waals surface area contributed by atoms with Crippen molar-refractivity contribution < 1.29 is 28.9 Å². The van der Waals surface area contributed by atoms with Crippen molar-refractivity contribution in [3.63, 3.8) is 0 Å². The number of halogens is 1. The zero-order chi connectivity index (χ0) is 15.6. The number of amides is 1. The fraction of sp³-hybridized carbons (Fsp3) is 0.500. The lowest BCUT2D eigenvalue weighted by molar-refractivity contribution is -0.122. The number of aliphatic hydroxyl groups excluding tert-OH is 2. The number of hydrogen-bond acceptors (Lipinski definition) is 5. The highest BCUT2D eigenvalue weighted by Gasteiger charge is 2.36. The van der Waals surface area contributed by atoms with Crippen molar-refractivity contribution in [2.24, 2.45) is 0 Å². The lowest BCUT2D eigenvalue weighted by Crippen LogP contribution is -2.56. The van der Waals surface area contributed by atoms with E-state index < -0.39 is 30.0 Å². The maximum Gasteiger partial charge on any atom is 0.257 e. The first-order chi connectivity index (χ1) is 9.95. The molecule has 2 rings (SSSR count). The fourth-order valence-electron chi connectivity index (χ4n) is 2.29. The van der Waals surface area contributed by atoms with Crippen molar-refractivity contribution in [1.29, 1.82) is 0 Å². The summed E-state index contributed by atoms with van der Waals surface area (Å²) in [7, 11) is 2.84. The third kappa shape index (κ3) is 3.15. The van der Waals surface area contributed by atoms with Gasteiger partial charge in [-0.15, -0.1) is 0 Å². The molecule has 1 aromatic carbocycles. The van der Waals surface area contributed by atoms with Gasteiger partial charge >= 0.3 is 0 Å². The minimum atomic E-state index is -1.12. The predicted molar refractivity (Wildman–Crippen MR) is 71.7 cm³/mol. The van der Waals surface area contributed by atoms with Gasteiger partial charge in [-0.25, -0.2) is 4.39 Å². The van der Waals surface area contributed by atoms with E-state index in [1.165, 1.54) is 31.2 Å². The largest absolute Gasteiger partial charge is 0.496 e. The highest BCUT2D eigenvalue weighted by Crippen LogP contribution is 2.23. The minimum Gasteiger partial charge on any atom is -0.496 e. The molecule has 0 aliphatic carbocycles. The van der Waals surface area contributed by atoms with Gasteiger partial charge in [-0.3, -0.25) is 4.79 Å². The zero-order valence-electron chi connectivity index (χ0n) is 11.8. The van der Waals surface area contributed by atoms with Crippen molar-refractivity contribution >= 4 is 5.91 Å². The Morgan fingerprint density at radius 3 is 2.81 bits per heavy atom. The predicted octanol–water partition coefficient (Wildman–Crippen LogP) is 0.0269. The summed E-state index contributed by atoms with van der Waals surface area (Å²) >= 11 is 0. The Hall–Kier alpha value is -1.70. The molecule has 1 heterocycles. The molecule has 0 bridgehead atoms. The maximum absolute atomic E-state index is 13.3. The van der Waals surface area contributed by atoms with E-state index in [2.05, 4.69) is 0 Å². The SMILES string of the molecule is COc1ccc(F)cc1C(=O)N(C)[C@@H]1COC[C@@H](O)[C@H]1O. The molecule has 1 aromatic rings. The van der Waals surface area contributed by atoms with Crippen LogP contribution in [-0.2, 0) is 4.74 Å². The van der Waals surface area contributed by atoms with E-state index in [9.17, 15) is 19.4 Å². The van der Waals surface area contributed by atoms with Crippen molar-refractivity contribution in [3.05, 3.63) is 29.6 Å². The normalized spacial score (nSPS) is 25.5. The number of carbonyl (C=O) groups excluding carboxylic acids is 1. The van der Waals surface area contributed by atoms with E-state index in [0.717, 1.165) is 6.07 Å². The van der Waals surface area contributed by atoms with Crippen molar-refractivity contribution in [2.45, 2.75) is 18.2 Å². The first-order valence-electron chi connectivity index (χ1n) is 6.50. The van der Waals surface area contributed by atoms with Crippen LogP contribution < -0.4 is 4.74 Å². The Morgan fingerprint density at radius 1 is 1.43 bits per heavy atom. The van der Waals surface area contributed by atoms with Crippen LogP contribution in [0.25, 0.3) is 0 Å². The summed E-state index contributed by atoms with van der Waals surface area (Å²) in [5.41, 5.74) is 0.0484. The van der Waals surface area contributed by atoms with Gasteiger partial charge in [0.05, 0.1) is 31.9 Å². The van der Waals surface area contributed by atoms with Crippen LogP contribution in [0.4, 0.5) is 4.39 Å². The van der Waals surface area contributed by atoms with Crippen LogP contribution in [0.5, 0.6) is 5.75 Å². The molecular formula is C14H18FNO5. The summed E-state index contributed by atoms with van der Waals surface area (Å²) in [5.74, 6) is -0.846. The van der Waals surface area contributed by atoms with Gasteiger partial charge in [0.1, 0.15) is 23.8 Å². The number of aliphatic hydroxyl groups is 2. The third-order valence-electron chi connectivity index (χ3n) is 3.58. The molecule has 1 aliphatic heterocycles. The highest BCUT2D eigenvalue weighted by atomic mass is 19.1. The molecule has 0 saturated carbocycles. The maximum atomic E-state index is 13.3. The zero-order valence-corrected chi connectivity index (χ0v) is 11.8. The quantitative estimate of drug-likeness (QED) is 0.823. The Bertz CT molecular complexity index is 524. The summed E-state index contributed by atoms with van der Waals surface area (Å²) in [6.45, 7) is 0.112. The van der Waals surface area contributed by atoms with Crippen molar-refractivity contribution in [3.8, 4) is 5.75 Å². The Balaban J connectivity index is 2.25. The Kier molecular flexibility index (Phi) is 4.76. The lowest BCUT2D eigenvalue weighted by atomic mass is 10.0. The van der Waals surface area contributed by atoms with Crippen LogP contribution in [-0.4, -0.2) is 66.6 Å². The summed E-state index contributed by atoms with van der Waals surface area (Å²) in [5, 5.41) is 19.6. The topological polar surface area (TPSA) is 79.2 Å². The smallest absolute Gasteiger partial charge is 0.257 e. The second-order valence-electron chi connectivity index (χ2n) is 4.92. The van der Waals surface area contributed by atoms with E-state index in [1.54, 1.807) is 0 Å². The van der Waals surface area contributed by atoms with Crippen LogP contribution in [0.2, 0.25) is 0 Å². The minimum absolute atomic E-state index is 0.0168. The number of likely N-dealkylation sites (N-methyl/N-ethyl adjacent to an activating group) is 1. The molecule has 21 heavy (non-hydrogen) atoms. The van der Waals surface area contributed by atoms with E-state index in [0.29, 0.717) is 0 Å². The molecule has 1 aliphatic rings. The van der Waals surface area contributed by atoms with Gasteiger partial charge in [-0.2, -0.15) is 0 Å². The van der Waals surface area contributed by atoms with Crippen molar-refractivity contribution in [2.75, 3.05) is 27.4 Å². The number of rotatable bonds is 3. The van der Waals surface area contributed by atoms with Crippen molar-refractivity contribution in [1.82, 2.24) is 4.90 Å². The molecule has 2 N–H and O–H groups in total. The van der Waals surface area contributed by atoms with Gasteiger partial charge in [-0.1, -0.05) is 0 Å². The van der Waals surface area contributed by atoms with Gasteiger partial charge in [-0.05, 0) is 18.2 Å². The van der Waals surface area contributed by atoms with E-state index >= 15 is 0 Å². The molecule has 6 nitrogen and oxygen atoms in total. The van der Waals surface area contributed by atoms with E-state index in [1.807, 2.05) is 0 Å². The standard InChI is InChI=1S/C14H18FNO5/c1-16(10-6-21-7-11(17)13(10)18)14(19)9-5-8(15)3-4-12(9)20-2/h3-5,10-11,13,17-18H,6-7H2,1-2H3/t10-,11-,13+/m1/s1. The van der Waals surface area contributed by atoms with E-state index in [4.69, 9.17) is 9.47 Å². The summed E-state index contributed by atoms with van der Waals surface area (Å²) < 4.78 is 23.5. The second-order valence-corrected chi connectivity index (χ2v) is 4.92. The molecular weight excluding hydrogens is 281 g/mol. The molecule has 0 unspecified atom stereocenters. The van der Waals surface area contributed by atoms with Crippen LogP contribution in [0.15, 0.2) is 18.2 Å². The number of hydrogen-bond donors (Lipinski definition) is 2. The van der Waals surface area contributed by atoms with Crippen LogP contribution in [0.1, 0.15) is 10.4 Å². The van der Waals surface area contributed by atoms with Gasteiger partial charge in [0, 0.05) is 7.05 Å². The van der Waals surface area contributed by atoms with Crippen LogP contribution >= 0.6 is 0 Å². The fourth-order valence-corrected chi connectivity index (χ4v) is 2.29. The molecule has 1 fully saturated rings. The van der Waals surface area contributed by atoms with Gasteiger partial charge in [0.2, 0.25) is 0 Å². The molecule has 0 radical (unpaired) electrons. The average Bonchev–Trinajstić information content (AvgIpc) is 2.48. The average molecular weight is 299 g/mol. The molecule has 0 aromatic heterocycles. The summed E-state index contributed by atoms with van der Waals surface area (Å²) in [4.78, 5) is 13.7. The lowest BCUT2D eigenvalue weighted by Gasteiger charge is -2.37. The summed E-state index contributed by atoms with van der Waals surface area (Å²) in [6.07, 6.45) is -2.18. The van der Waals surface area contributed by atoms with Crippen LogP contribution in [0, 0.1) is 5.82 Å². The Labute approximate surface area is 121 Å². The number of benzene rings is 1. The van der Waals surface area contributed by atoms with Gasteiger partial charge in [0.15, 0.2) is 0 Å². The number of methoxy groups -OCH3 is 1. The molecule has 0 spiro atoms. The second kappa shape index (κ2) is 6.38. The molecule has 7 heteroatoms.